The van der Waals surface area contributed by atoms with Crippen molar-refractivity contribution in [2.45, 2.75) is 6.54 Å². The molecule has 64 valence electrons. The Labute approximate surface area is 78.8 Å². The number of benzene rings is 1. The fourth-order valence-corrected chi connectivity index (χ4v) is 1.55. The Morgan fingerprint density at radius 1 is 1.58 bits per heavy atom. The first kappa shape index (κ1) is 9.19. The van der Waals surface area contributed by atoms with Crippen LogP contribution in [0.5, 0.6) is 5.75 Å². The lowest BCUT2D eigenvalue weighted by atomic mass is 10.2. The van der Waals surface area contributed by atoms with Crippen molar-refractivity contribution in [1.29, 1.82) is 0 Å². The van der Waals surface area contributed by atoms with E-state index in [0.717, 1.165) is 10.0 Å². The Kier molecular flexibility index (Phi) is 3.22. The molecule has 0 atom stereocenters. The van der Waals surface area contributed by atoms with Gasteiger partial charge in [-0.25, -0.2) is 0 Å². The zero-order valence-electron chi connectivity index (χ0n) is 6.58. The molecule has 0 saturated carbocycles. The smallest absolute Gasteiger partial charge is 0.138 e. The number of para-hydroxylation sites is 1. The van der Waals surface area contributed by atoms with Crippen molar-refractivity contribution in [3.63, 3.8) is 0 Å². The van der Waals surface area contributed by atoms with Crippen LogP contribution in [0.2, 0.25) is 0 Å². The molecule has 3 nitrogen and oxygen atoms in total. The van der Waals surface area contributed by atoms with E-state index >= 15 is 0 Å². The molecular formula is C8H8BrNO2. The highest BCUT2D eigenvalue weighted by Gasteiger charge is 2.05. The molecule has 0 aliphatic rings. The molecule has 12 heavy (non-hydrogen) atoms. The van der Waals surface area contributed by atoms with Gasteiger partial charge in [-0.15, -0.1) is 0 Å². The largest absolute Gasteiger partial charge is 0.495 e. The molecule has 1 rings (SSSR count). The Balaban J connectivity index is 3.08. The average molecular weight is 230 g/mol. The van der Waals surface area contributed by atoms with Crippen LogP contribution in [0.1, 0.15) is 5.56 Å². The van der Waals surface area contributed by atoms with E-state index in [4.69, 9.17) is 4.74 Å². The van der Waals surface area contributed by atoms with Gasteiger partial charge in [-0.1, -0.05) is 17.3 Å². The zero-order chi connectivity index (χ0) is 8.97. The number of nitrogens with zero attached hydrogens (tertiary/aromatic N) is 1. The summed E-state index contributed by atoms with van der Waals surface area (Å²) in [6, 6.07) is 5.51. The minimum Gasteiger partial charge on any atom is -0.495 e. The Bertz CT molecular complexity index is 288. The topological polar surface area (TPSA) is 38.7 Å². The molecule has 0 fully saturated rings. The van der Waals surface area contributed by atoms with E-state index < -0.39 is 0 Å². The van der Waals surface area contributed by atoms with Crippen molar-refractivity contribution in [1.82, 2.24) is 0 Å². The van der Waals surface area contributed by atoms with E-state index in [9.17, 15) is 4.91 Å². The van der Waals surface area contributed by atoms with Crippen LogP contribution in [0.15, 0.2) is 27.8 Å². The average Bonchev–Trinajstić information content (AvgIpc) is 2.05. The van der Waals surface area contributed by atoms with Gasteiger partial charge in [0.1, 0.15) is 12.3 Å². The summed E-state index contributed by atoms with van der Waals surface area (Å²) in [5.74, 6) is 0.678. The van der Waals surface area contributed by atoms with Gasteiger partial charge in [-0.05, 0) is 22.0 Å². The van der Waals surface area contributed by atoms with E-state index in [0.29, 0.717) is 5.75 Å². The highest BCUT2D eigenvalue weighted by atomic mass is 79.9. The van der Waals surface area contributed by atoms with Crippen LogP contribution in [0.3, 0.4) is 0 Å². The normalized spacial score (nSPS) is 9.50. The molecule has 1 aromatic rings. The second-order valence-electron chi connectivity index (χ2n) is 2.22. The van der Waals surface area contributed by atoms with Gasteiger partial charge in [0.05, 0.1) is 11.6 Å². The number of hydrogen-bond acceptors (Lipinski definition) is 3. The van der Waals surface area contributed by atoms with Gasteiger partial charge in [0.15, 0.2) is 0 Å². The molecule has 0 heterocycles. The van der Waals surface area contributed by atoms with E-state index in [2.05, 4.69) is 21.1 Å². The summed E-state index contributed by atoms with van der Waals surface area (Å²) in [7, 11) is 1.56. The SMILES string of the molecule is COc1c(Br)cccc1CN=O. The van der Waals surface area contributed by atoms with Crippen molar-refractivity contribution in [2.75, 3.05) is 7.11 Å². The molecule has 0 amide bonds. The Morgan fingerprint density at radius 3 is 2.92 bits per heavy atom. The lowest BCUT2D eigenvalue weighted by molar-refractivity contribution is 0.407. The summed E-state index contributed by atoms with van der Waals surface area (Å²) in [4.78, 5) is 10.0. The van der Waals surface area contributed by atoms with Gasteiger partial charge in [0.2, 0.25) is 0 Å². The second-order valence-corrected chi connectivity index (χ2v) is 3.07. The highest BCUT2D eigenvalue weighted by Crippen LogP contribution is 2.28. The van der Waals surface area contributed by atoms with Crippen molar-refractivity contribution in [3.8, 4) is 5.75 Å². The quantitative estimate of drug-likeness (QED) is 0.748. The van der Waals surface area contributed by atoms with Gasteiger partial charge in [0.25, 0.3) is 0 Å². The maximum absolute atomic E-state index is 10.0. The minimum atomic E-state index is 0.141. The number of methoxy groups -OCH3 is 1. The summed E-state index contributed by atoms with van der Waals surface area (Å²) in [6.45, 7) is 0.141. The lowest BCUT2D eigenvalue weighted by Crippen LogP contribution is -1.91. The van der Waals surface area contributed by atoms with E-state index in [1.807, 2.05) is 18.2 Å². The number of halogens is 1. The minimum absolute atomic E-state index is 0.141. The molecule has 4 heteroatoms. The van der Waals surface area contributed by atoms with Crippen LogP contribution < -0.4 is 4.74 Å². The summed E-state index contributed by atoms with van der Waals surface area (Å²) >= 11 is 3.31. The van der Waals surface area contributed by atoms with E-state index in [1.54, 1.807) is 7.11 Å². The number of hydrogen-bond donors (Lipinski definition) is 0. The summed E-state index contributed by atoms with van der Waals surface area (Å²) in [6.07, 6.45) is 0. The third kappa shape index (κ3) is 1.82. The summed E-state index contributed by atoms with van der Waals surface area (Å²) < 4.78 is 5.92. The third-order valence-electron chi connectivity index (χ3n) is 1.49. The fraction of sp³-hybridized carbons (Fsp3) is 0.250. The fourth-order valence-electron chi connectivity index (χ4n) is 0.976. The van der Waals surface area contributed by atoms with Crippen LogP contribution in [-0.4, -0.2) is 7.11 Å². The molecule has 0 aromatic heterocycles. The predicted octanol–water partition coefficient (Wildman–Crippen LogP) is 2.72. The Hall–Kier alpha value is -0.900. The third-order valence-corrected chi connectivity index (χ3v) is 2.11. The highest BCUT2D eigenvalue weighted by molar-refractivity contribution is 9.10. The van der Waals surface area contributed by atoms with Crippen LogP contribution in [-0.2, 0) is 6.54 Å². The van der Waals surface area contributed by atoms with Crippen LogP contribution >= 0.6 is 15.9 Å². The van der Waals surface area contributed by atoms with Gasteiger partial charge in [-0.3, -0.25) is 0 Å². The molecule has 0 aliphatic carbocycles. The molecular weight excluding hydrogens is 222 g/mol. The van der Waals surface area contributed by atoms with Gasteiger partial charge in [0, 0.05) is 5.56 Å². The van der Waals surface area contributed by atoms with Crippen LogP contribution in [0.25, 0.3) is 0 Å². The van der Waals surface area contributed by atoms with Crippen LogP contribution in [0, 0.1) is 4.91 Å². The van der Waals surface area contributed by atoms with Crippen molar-refractivity contribution < 1.29 is 4.74 Å². The van der Waals surface area contributed by atoms with Crippen molar-refractivity contribution >= 4 is 15.9 Å². The molecule has 0 N–H and O–H groups in total. The first-order valence-electron chi connectivity index (χ1n) is 3.40. The second kappa shape index (κ2) is 4.21. The first-order chi connectivity index (χ1) is 5.79. The predicted molar refractivity (Wildman–Crippen MR) is 50.2 cm³/mol. The van der Waals surface area contributed by atoms with Gasteiger partial charge < -0.3 is 4.74 Å². The molecule has 1 aromatic carbocycles. The maximum Gasteiger partial charge on any atom is 0.138 e. The van der Waals surface area contributed by atoms with E-state index in [-0.39, 0.29) is 6.54 Å². The lowest BCUT2D eigenvalue weighted by Gasteiger charge is -2.06. The maximum atomic E-state index is 10.0. The monoisotopic (exact) mass is 229 g/mol. The number of ether oxygens (including phenoxy) is 1. The zero-order valence-corrected chi connectivity index (χ0v) is 8.17. The molecule has 0 saturated heterocycles. The molecule has 0 aliphatic heterocycles. The van der Waals surface area contributed by atoms with Gasteiger partial charge in [-0.2, -0.15) is 4.91 Å². The number of rotatable bonds is 3. The van der Waals surface area contributed by atoms with Crippen LogP contribution in [0.4, 0.5) is 0 Å². The standard InChI is InChI=1S/C8H8BrNO2/c1-12-8-6(5-10-11)3-2-4-7(8)9/h2-4H,5H2,1H3. The van der Waals surface area contributed by atoms with Gasteiger partial charge >= 0.3 is 0 Å². The molecule has 0 radical (unpaired) electrons. The molecule has 0 unspecified atom stereocenters. The first-order valence-corrected chi connectivity index (χ1v) is 4.19. The van der Waals surface area contributed by atoms with Crippen molar-refractivity contribution in [2.24, 2.45) is 5.18 Å². The van der Waals surface area contributed by atoms with Crippen molar-refractivity contribution in [3.05, 3.63) is 33.1 Å². The summed E-state index contributed by atoms with van der Waals surface area (Å²) in [5.41, 5.74) is 0.793. The molecule has 0 bridgehead atoms. The number of nitroso groups, excluding NO2 is 1. The Morgan fingerprint density at radius 2 is 2.33 bits per heavy atom. The molecule has 0 spiro atoms. The summed E-state index contributed by atoms with van der Waals surface area (Å²) in [5, 5.41) is 2.80. The van der Waals surface area contributed by atoms with E-state index in [1.165, 1.54) is 0 Å².